The molecule has 10 heteroatoms. The summed E-state index contributed by atoms with van der Waals surface area (Å²) >= 11 is 1.36. The van der Waals surface area contributed by atoms with Gasteiger partial charge in [-0.1, -0.05) is 23.5 Å². The maximum Gasteiger partial charge on any atom is 0.271 e. The van der Waals surface area contributed by atoms with Gasteiger partial charge in [-0.05, 0) is 36.7 Å². The van der Waals surface area contributed by atoms with E-state index in [-0.39, 0.29) is 5.69 Å². The zero-order chi connectivity index (χ0) is 22.7. The van der Waals surface area contributed by atoms with Crippen LogP contribution in [0, 0.1) is 10.1 Å². The van der Waals surface area contributed by atoms with Gasteiger partial charge in [0.05, 0.1) is 47.0 Å². The number of nitro benzene ring substituents is 1. The van der Waals surface area contributed by atoms with Gasteiger partial charge in [0.1, 0.15) is 0 Å². The quantitative estimate of drug-likeness (QED) is 0.170. The third-order valence-corrected chi connectivity index (χ3v) is 7.70. The van der Waals surface area contributed by atoms with Crippen LogP contribution in [0.2, 0.25) is 0 Å². The summed E-state index contributed by atoms with van der Waals surface area (Å²) in [6.45, 7) is 11.0. The first-order valence-corrected chi connectivity index (χ1v) is 12.2. The van der Waals surface area contributed by atoms with E-state index in [1.807, 2.05) is 12.1 Å². The van der Waals surface area contributed by atoms with Crippen molar-refractivity contribution in [3.8, 4) is 0 Å². The first-order valence-electron chi connectivity index (χ1n) is 11.4. The van der Waals surface area contributed by atoms with Gasteiger partial charge in [-0.3, -0.25) is 15.0 Å². The number of nitrogens with zero attached hydrogens (tertiary/aromatic N) is 6. The summed E-state index contributed by atoms with van der Waals surface area (Å²) in [5, 5.41) is 23.5. The van der Waals surface area contributed by atoms with Gasteiger partial charge in [0, 0.05) is 38.3 Å². The minimum atomic E-state index is -0.422. The molecule has 0 atom stereocenters. The van der Waals surface area contributed by atoms with E-state index in [0.29, 0.717) is 10.6 Å². The molecule has 0 aliphatic carbocycles. The Morgan fingerprint density at radius 3 is 2.55 bits per heavy atom. The van der Waals surface area contributed by atoms with Crippen molar-refractivity contribution in [3.05, 3.63) is 58.1 Å². The lowest BCUT2D eigenvalue weighted by Gasteiger charge is -2.50. The maximum atomic E-state index is 10.9. The van der Waals surface area contributed by atoms with E-state index in [2.05, 4.69) is 37.6 Å². The van der Waals surface area contributed by atoms with Crippen molar-refractivity contribution in [1.82, 2.24) is 15.2 Å². The molecule has 3 aromatic rings. The van der Waals surface area contributed by atoms with Crippen molar-refractivity contribution >= 4 is 38.1 Å². The highest BCUT2D eigenvalue weighted by atomic mass is 32.1. The molecule has 3 fully saturated rings. The van der Waals surface area contributed by atoms with Gasteiger partial charge >= 0.3 is 0 Å². The molecule has 0 saturated carbocycles. The van der Waals surface area contributed by atoms with Crippen molar-refractivity contribution in [2.45, 2.75) is 6.42 Å². The summed E-state index contributed by atoms with van der Waals surface area (Å²) in [6.07, 6.45) is 0.988. The number of aromatic nitrogens is 1. The van der Waals surface area contributed by atoms with Crippen LogP contribution in [0.1, 0.15) is 5.56 Å². The predicted octanol–water partition coefficient (Wildman–Crippen LogP) is 3.90. The van der Waals surface area contributed by atoms with Crippen molar-refractivity contribution in [1.29, 1.82) is 0 Å². The molecular formula is C23H28N7O2S+. The molecule has 2 aromatic carbocycles. The number of nitrogens with one attached hydrogen (secondary N) is 1. The van der Waals surface area contributed by atoms with Gasteiger partial charge in [-0.15, -0.1) is 10.2 Å². The number of benzene rings is 2. The van der Waals surface area contributed by atoms with E-state index in [0.717, 1.165) is 29.9 Å². The molecule has 2 bridgehead atoms. The SMILES string of the molecule is O=[N+]([O-])c1ccc2sc(N=Nc3ccc(CCNCC[N+]45CCN(CC4)CC5)cc3)nc2c1. The normalized spacial score (nSPS) is 22.4. The van der Waals surface area contributed by atoms with Crippen molar-refractivity contribution in [2.75, 3.05) is 58.9 Å². The van der Waals surface area contributed by atoms with Crippen LogP contribution in [0.3, 0.4) is 0 Å². The molecule has 3 aliphatic heterocycles. The molecule has 0 amide bonds. The largest absolute Gasteiger partial charge is 0.319 e. The molecule has 1 aromatic heterocycles. The van der Waals surface area contributed by atoms with Crippen LogP contribution < -0.4 is 5.32 Å². The summed E-state index contributed by atoms with van der Waals surface area (Å²) in [7, 11) is 0. The number of fused-ring (bicyclic) bond motifs is 4. The van der Waals surface area contributed by atoms with E-state index in [9.17, 15) is 10.1 Å². The van der Waals surface area contributed by atoms with E-state index < -0.39 is 4.92 Å². The minimum absolute atomic E-state index is 0.0273. The fourth-order valence-electron chi connectivity index (χ4n) is 4.63. The predicted molar refractivity (Wildman–Crippen MR) is 130 cm³/mol. The first kappa shape index (κ1) is 22.0. The molecule has 0 spiro atoms. The van der Waals surface area contributed by atoms with Crippen LogP contribution in [0.25, 0.3) is 10.2 Å². The Hall–Kier alpha value is -2.79. The Labute approximate surface area is 196 Å². The fourth-order valence-corrected chi connectivity index (χ4v) is 5.40. The van der Waals surface area contributed by atoms with Gasteiger partial charge in [0.15, 0.2) is 0 Å². The molecule has 1 N–H and O–H groups in total. The van der Waals surface area contributed by atoms with Crippen molar-refractivity contribution in [3.63, 3.8) is 0 Å². The van der Waals surface area contributed by atoms with E-state index in [1.165, 1.54) is 79.3 Å². The lowest BCUT2D eigenvalue weighted by atomic mass is 10.1. The first-order chi connectivity index (χ1) is 16.1. The Morgan fingerprint density at radius 1 is 1.06 bits per heavy atom. The summed E-state index contributed by atoms with van der Waals surface area (Å²) < 4.78 is 2.15. The lowest BCUT2D eigenvalue weighted by Crippen LogP contribution is -2.68. The summed E-state index contributed by atoms with van der Waals surface area (Å²) in [4.78, 5) is 17.4. The second kappa shape index (κ2) is 9.60. The number of nitro groups is 1. The molecule has 0 radical (unpaired) electrons. The summed E-state index contributed by atoms with van der Waals surface area (Å²) in [5.74, 6) is 0. The van der Waals surface area contributed by atoms with Gasteiger partial charge in [0.25, 0.3) is 5.69 Å². The molecular weight excluding hydrogens is 438 g/mol. The van der Waals surface area contributed by atoms with Gasteiger partial charge in [-0.25, -0.2) is 4.98 Å². The molecule has 3 aliphatic rings. The molecule has 33 heavy (non-hydrogen) atoms. The number of rotatable bonds is 9. The number of piperazine rings is 3. The van der Waals surface area contributed by atoms with Crippen LogP contribution in [0.5, 0.6) is 0 Å². The molecule has 0 unspecified atom stereocenters. The smallest absolute Gasteiger partial charge is 0.271 e. The van der Waals surface area contributed by atoms with Crippen LogP contribution in [0.15, 0.2) is 52.7 Å². The van der Waals surface area contributed by atoms with E-state index >= 15 is 0 Å². The second-order valence-corrected chi connectivity index (χ2v) is 9.86. The Morgan fingerprint density at radius 2 is 1.82 bits per heavy atom. The van der Waals surface area contributed by atoms with Gasteiger partial charge in [-0.2, -0.15) is 0 Å². The van der Waals surface area contributed by atoms with Crippen molar-refractivity contribution < 1.29 is 9.41 Å². The summed E-state index contributed by atoms with van der Waals surface area (Å²) in [5.41, 5.74) is 2.63. The Balaban J connectivity index is 1.09. The van der Waals surface area contributed by atoms with Crippen LogP contribution in [-0.2, 0) is 6.42 Å². The Kier molecular flexibility index (Phi) is 6.41. The minimum Gasteiger partial charge on any atom is -0.319 e. The molecule has 6 rings (SSSR count). The average molecular weight is 467 g/mol. The molecule has 3 saturated heterocycles. The average Bonchev–Trinajstić information content (AvgIpc) is 3.26. The van der Waals surface area contributed by atoms with Gasteiger partial charge < -0.3 is 9.80 Å². The molecule has 4 heterocycles. The Bertz CT molecular complexity index is 1140. The van der Waals surface area contributed by atoms with Crippen LogP contribution in [-0.4, -0.2) is 78.2 Å². The van der Waals surface area contributed by atoms with Crippen LogP contribution in [0.4, 0.5) is 16.5 Å². The standard InChI is InChI=1S/C23H28N7O2S/c31-29(32)20-5-6-22-21(17-20)25-23(33-22)27-26-19-3-1-18(2-4-19)7-8-24-9-13-30-14-10-28(11-15-30)12-16-30/h1-6,17,24H,7-16H2/q+1. The third-order valence-electron chi connectivity index (χ3n) is 6.78. The summed E-state index contributed by atoms with van der Waals surface area (Å²) in [6, 6.07) is 12.7. The number of azo groups is 1. The van der Waals surface area contributed by atoms with Crippen molar-refractivity contribution in [2.24, 2.45) is 10.2 Å². The fraction of sp³-hybridized carbons (Fsp3) is 0.435. The third kappa shape index (κ3) is 5.25. The number of non-ortho nitro benzene ring substituents is 1. The number of hydrogen-bond acceptors (Lipinski definition) is 8. The highest BCUT2D eigenvalue weighted by molar-refractivity contribution is 7.21. The van der Waals surface area contributed by atoms with Crippen LogP contribution >= 0.6 is 11.3 Å². The van der Waals surface area contributed by atoms with Gasteiger partial charge in [0.2, 0.25) is 5.13 Å². The number of hydrogen-bond donors (Lipinski definition) is 1. The number of quaternary nitrogens is 1. The van der Waals surface area contributed by atoms with E-state index in [1.54, 1.807) is 6.07 Å². The highest BCUT2D eigenvalue weighted by Crippen LogP contribution is 2.31. The number of thiazole rings is 1. The zero-order valence-corrected chi connectivity index (χ0v) is 19.3. The maximum absolute atomic E-state index is 10.9. The molecule has 9 nitrogen and oxygen atoms in total. The zero-order valence-electron chi connectivity index (χ0n) is 18.5. The molecule has 172 valence electrons. The topological polar surface area (TPSA) is 96.0 Å². The monoisotopic (exact) mass is 466 g/mol. The van der Waals surface area contributed by atoms with E-state index in [4.69, 9.17) is 0 Å². The highest BCUT2D eigenvalue weighted by Gasteiger charge is 2.37. The lowest BCUT2D eigenvalue weighted by molar-refractivity contribution is -0.939. The second-order valence-electron chi connectivity index (χ2n) is 8.85.